The van der Waals surface area contributed by atoms with Crippen LogP contribution in [0.15, 0.2) is 41.3 Å². The second kappa shape index (κ2) is 5.67. The first kappa shape index (κ1) is 14.0. The molecule has 1 atom stereocenters. The second-order valence-corrected chi connectivity index (χ2v) is 5.74. The van der Waals surface area contributed by atoms with Crippen molar-refractivity contribution in [2.24, 2.45) is 0 Å². The first-order valence-corrected chi connectivity index (χ1v) is 7.04. The van der Waals surface area contributed by atoms with Crippen LogP contribution >= 0.6 is 11.6 Å². The Morgan fingerprint density at radius 3 is 2.58 bits per heavy atom. The zero-order valence-corrected chi connectivity index (χ0v) is 11.3. The number of rotatable bonds is 3. The van der Waals surface area contributed by atoms with E-state index in [-0.39, 0.29) is 10.6 Å². The summed E-state index contributed by atoms with van der Waals surface area (Å²) in [6, 6.07) is 7.73. The fraction of sp³-hybridized carbons (Fsp3) is 0.0769. The molecule has 0 aliphatic carbocycles. The summed E-state index contributed by atoms with van der Waals surface area (Å²) in [5.74, 6) is -1.52. The van der Waals surface area contributed by atoms with Crippen molar-refractivity contribution in [2.45, 2.75) is 10.6 Å². The average Bonchev–Trinajstić information content (AvgIpc) is 2.33. The third kappa shape index (κ3) is 3.30. The topological polar surface area (TPSA) is 43.1 Å². The van der Waals surface area contributed by atoms with Crippen molar-refractivity contribution >= 4 is 28.1 Å². The minimum Gasteiger partial charge on any atom is -0.399 e. The summed E-state index contributed by atoms with van der Waals surface area (Å²) >= 11 is 5.95. The summed E-state index contributed by atoms with van der Waals surface area (Å²) in [4.78, 5) is -0.0557. The molecule has 0 aliphatic heterocycles. The molecule has 2 N–H and O–H groups in total. The van der Waals surface area contributed by atoms with Gasteiger partial charge < -0.3 is 5.73 Å². The second-order valence-electron chi connectivity index (χ2n) is 3.92. The molecule has 2 aromatic carbocycles. The Morgan fingerprint density at radius 1 is 1.16 bits per heavy atom. The minimum atomic E-state index is -1.65. The summed E-state index contributed by atoms with van der Waals surface area (Å²) in [7, 11) is -1.65. The zero-order valence-electron chi connectivity index (χ0n) is 9.70. The van der Waals surface area contributed by atoms with Gasteiger partial charge in [0.05, 0.1) is 21.4 Å². The number of halogens is 3. The number of nitrogens with two attached hydrogens (primary N) is 1. The van der Waals surface area contributed by atoms with Crippen LogP contribution in [0.1, 0.15) is 5.56 Å². The highest BCUT2D eigenvalue weighted by molar-refractivity contribution is 7.84. The van der Waals surface area contributed by atoms with Crippen molar-refractivity contribution in [1.29, 1.82) is 0 Å². The van der Waals surface area contributed by atoms with E-state index in [0.29, 0.717) is 22.3 Å². The van der Waals surface area contributed by atoms with Gasteiger partial charge in [-0.15, -0.1) is 0 Å². The van der Waals surface area contributed by atoms with Gasteiger partial charge in [-0.2, -0.15) is 0 Å². The van der Waals surface area contributed by atoms with E-state index in [1.807, 2.05) is 0 Å². The molecule has 0 amide bonds. The van der Waals surface area contributed by atoms with E-state index < -0.39 is 22.4 Å². The molecule has 0 spiro atoms. The Bertz CT molecular complexity index is 649. The molecule has 0 fully saturated rings. The summed E-state index contributed by atoms with van der Waals surface area (Å²) < 4.78 is 38.3. The van der Waals surface area contributed by atoms with Gasteiger partial charge in [0.1, 0.15) is 11.6 Å². The highest BCUT2D eigenvalue weighted by atomic mass is 35.5. The molecule has 0 heterocycles. The van der Waals surface area contributed by atoms with Crippen LogP contribution in [-0.2, 0) is 16.6 Å². The lowest BCUT2D eigenvalue weighted by molar-refractivity contribution is 0.562. The fourth-order valence-corrected chi connectivity index (χ4v) is 3.02. The quantitative estimate of drug-likeness (QED) is 0.882. The van der Waals surface area contributed by atoms with Crippen LogP contribution in [0.5, 0.6) is 0 Å². The van der Waals surface area contributed by atoms with Crippen molar-refractivity contribution in [3.8, 4) is 0 Å². The average molecular weight is 302 g/mol. The summed E-state index contributed by atoms with van der Waals surface area (Å²) in [5, 5.41) is 0.407. The normalized spacial score (nSPS) is 12.4. The maximum atomic E-state index is 13.5. The predicted octanol–water partition coefficient (Wildman–Crippen LogP) is 3.51. The van der Waals surface area contributed by atoms with E-state index in [0.717, 1.165) is 6.07 Å². The molecule has 100 valence electrons. The predicted molar refractivity (Wildman–Crippen MR) is 72.3 cm³/mol. The van der Waals surface area contributed by atoms with Gasteiger partial charge in [-0.05, 0) is 35.9 Å². The van der Waals surface area contributed by atoms with Crippen LogP contribution in [0.25, 0.3) is 0 Å². The molecule has 19 heavy (non-hydrogen) atoms. The first-order chi connectivity index (χ1) is 8.97. The van der Waals surface area contributed by atoms with E-state index >= 15 is 0 Å². The van der Waals surface area contributed by atoms with Crippen LogP contribution in [0.3, 0.4) is 0 Å². The molecular weight excluding hydrogens is 292 g/mol. The first-order valence-electron chi connectivity index (χ1n) is 5.34. The largest absolute Gasteiger partial charge is 0.399 e. The van der Waals surface area contributed by atoms with Crippen molar-refractivity contribution in [3.05, 3.63) is 58.6 Å². The molecule has 0 saturated carbocycles. The molecule has 0 aliphatic rings. The van der Waals surface area contributed by atoms with Crippen LogP contribution in [0.2, 0.25) is 5.02 Å². The molecule has 2 aromatic rings. The van der Waals surface area contributed by atoms with Gasteiger partial charge >= 0.3 is 0 Å². The van der Waals surface area contributed by atoms with Gasteiger partial charge in [0.25, 0.3) is 0 Å². The summed E-state index contributed by atoms with van der Waals surface area (Å²) in [5.41, 5.74) is 6.65. The monoisotopic (exact) mass is 301 g/mol. The smallest absolute Gasteiger partial charge is 0.142 e. The third-order valence-corrected chi connectivity index (χ3v) is 4.26. The van der Waals surface area contributed by atoms with Crippen molar-refractivity contribution in [2.75, 3.05) is 5.73 Å². The highest BCUT2D eigenvalue weighted by Gasteiger charge is 2.13. The van der Waals surface area contributed by atoms with E-state index in [1.165, 1.54) is 6.07 Å². The van der Waals surface area contributed by atoms with E-state index in [9.17, 15) is 13.0 Å². The van der Waals surface area contributed by atoms with Gasteiger partial charge in [0, 0.05) is 16.8 Å². The molecule has 0 radical (unpaired) electrons. The molecule has 0 aromatic heterocycles. The highest BCUT2D eigenvalue weighted by Crippen LogP contribution is 2.23. The lowest BCUT2D eigenvalue weighted by Gasteiger charge is -2.07. The lowest BCUT2D eigenvalue weighted by Crippen LogP contribution is -2.01. The number of anilines is 1. The molecule has 0 saturated heterocycles. The zero-order chi connectivity index (χ0) is 14.0. The van der Waals surface area contributed by atoms with Crippen LogP contribution in [0.4, 0.5) is 14.5 Å². The van der Waals surface area contributed by atoms with E-state index in [2.05, 4.69) is 0 Å². The van der Waals surface area contributed by atoms with E-state index in [4.69, 9.17) is 17.3 Å². The molecular formula is C13H10ClF2NOS. The van der Waals surface area contributed by atoms with Crippen LogP contribution in [-0.4, -0.2) is 4.21 Å². The standard InChI is InChI=1S/C13H10ClF2NOS/c14-11-3-2-10(17)5-8(11)7-19(18)13-4-1-9(15)6-12(13)16/h1-6H,7,17H2. The van der Waals surface area contributed by atoms with Crippen molar-refractivity contribution in [1.82, 2.24) is 0 Å². The Balaban J connectivity index is 2.28. The molecule has 6 heteroatoms. The molecule has 2 rings (SSSR count). The SMILES string of the molecule is Nc1ccc(Cl)c(CS(=O)c2ccc(F)cc2F)c1. The maximum Gasteiger partial charge on any atom is 0.142 e. The number of benzene rings is 2. The van der Waals surface area contributed by atoms with Crippen LogP contribution in [0, 0.1) is 11.6 Å². The van der Waals surface area contributed by atoms with E-state index in [1.54, 1.807) is 18.2 Å². The van der Waals surface area contributed by atoms with Gasteiger partial charge in [-0.25, -0.2) is 8.78 Å². The number of hydrogen-bond donors (Lipinski definition) is 1. The fourth-order valence-electron chi connectivity index (χ4n) is 1.58. The molecule has 2 nitrogen and oxygen atoms in total. The van der Waals surface area contributed by atoms with Crippen LogP contribution < -0.4 is 5.73 Å². The number of nitrogen functional groups attached to an aromatic ring is 1. The van der Waals surface area contributed by atoms with Gasteiger partial charge in [-0.1, -0.05) is 11.6 Å². The Morgan fingerprint density at radius 2 is 1.89 bits per heavy atom. The van der Waals surface area contributed by atoms with Gasteiger partial charge in [-0.3, -0.25) is 4.21 Å². The Hall–Kier alpha value is -1.46. The third-order valence-electron chi connectivity index (χ3n) is 2.50. The Labute approximate surface area is 116 Å². The van der Waals surface area contributed by atoms with Gasteiger partial charge in [0.15, 0.2) is 0 Å². The van der Waals surface area contributed by atoms with Crippen molar-refractivity contribution in [3.63, 3.8) is 0 Å². The lowest BCUT2D eigenvalue weighted by atomic mass is 10.2. The van der Waals surface area contributed by atoms with Gasteiger partial charge in [0.2, 0.25) is 0 Å². The maximum absolute atomic E-state index is 13.5. The van der Waals surface area contributed by atoms with Crippen molar-refractivity contribution < 1.29 is 13.0 Å². The summed E-state index contributed by atoms with van der Waals surface area (Å²) in [6.45, 7) is 0. The Kier molecular flexibility index (Phi) is 4.17. The minimum absolute atomic E-state index is 0.0203. The molecule has 1 unspecified atom stereocenters. The molecule has 0 bridgehead atoms. The number of hydrogen-bond acceptors (Lipinski definition) is 2. The summed E-state index contributed by atoms with van der Waals surface area (Å²) in [6.07, 6.45) is 0.